The zero-order valence-corrected chi connectivity index (χ0v) is 12.7. The highest BCUT2D eigenvalue weighted by Gasteiger charge is 2.23. The lowest BCUT2D eigenvalue weighted by atomic mass is 10.0. The Hall–Kier alpha value is -2.50. The topological polar surface area (TPSA) is 83.2 Å². The number of nitrogens with one attached hydrogen (secondary N) is 3. The van der Waals surface area contributed by atoms with Crippen molar-refractivity contribution in [2.24, 2.45) is 0 Å². The number of carbonyl (C=O) groups is 2. The molecule has 6 nitrogen and oxygen atoms in total. The van der Waals surface area contributed by atoms with E-state index in [1.165, 1.54) is 6.92 Å². The van der Waals surface area contributed by atoms with Gasteiger partial charge in [0, 0.05) is 43.4 Å². The Balaban J connectivity index is 2.09. The molecule has 3 rings (SSSR count). The molecule has 2 aromatic rings. The van der Waals surface area contributed by atoms with Crippen LogP contribution in [0.3, 0.4) is 0 Å². The van der Waals surface area contributed by atoms with E-state index < -0.39 is 0 Å². The minimum Gasteiger partial charge on any atom is -0.493 e. The van der Waals surface area contributed by atoms with Crippen molar-refractivity contribution in [1.82, 2.24) is 15.6 Å². The second-order valence-corrected chi connectivity index (χ2v) is 5.35. The van der Waals surface area contributed by atoms with Gasteiger partial charge in [-0.25, -0.2) is 0 Å². The maximum atomic E-state index is 12.1. The second-order valence-electron chi connectivity index (χ2n) is 5.35. The van der Waals surface area contributed by atoms with Gasteiger partial charge in [0.1, 0.15) is 11.4 Å². The van der Waals surface area contributed by atoms with Crippen molar-refractivity contribution in [2.75, 3.05) is 20.2 Å². The summed E-state index contributed by atoms with van der Waals surface area (Å²) < 4.78 is 5.62. The van der Waals surface area contributed by atoms with Crippen LogP contribution >= 0.6 is 0 Å². The highest BCUT2D eigenvalue weighted by atomic mass is 16.5. The van der Waals surface area contributed by atoms with Crippen LogP contribution in [0.15, 0.2) is 12.1 Å². The molecule has 1 aliphatic rings. The lowest BCUT2D eigenvalue weighted by Crippen LogP contribution is -2.24. The molecule has 2 amide bonds. The quantitative estimate of drug-likeness (QED) is 0.792. The second kappa shape index (κ2) is 5.71. The zero-order chi connectivity index (χ0) is 15.7. The van der Waals surface area contributed by atoms with Crippen molar-refractivity contribution < 1.29 is 14.3 Å². The lowest BCUT2D eigenvalue weighted by Gasteiger charge is -2.07. The molecule has 0 spiro atoms. The number of aromatic nitrogens is 1. The molecule has 6 heteroatoms. The Morgan fingerprint density at radius 3 is 2.91 bits per heavy atom. The molecule has 1 aromatic carbocycles. The van der Waals surface area contributed by atoms with Crippen molar-refractivity contribution in [3.63, 3.8) is 0 Å². The smallest absolute Gasteiger partial charge is 0.267 e. The van der Waals surface area contributed by atoms with Gasteiger partial charge >= 0.3 is 0 Å². The fourth-order valence-corrected chi connectivity index (χ4v) is 2.99. The molecular formula is C16H19N3O3. The molecule has 0 fully saturated rings. The fraction of sp³-hybridized carbons (Fsp3) is 0.375. The molecule has 0 atom stereocenters. The number of hydrogen-bond donors (Lipinski definition) is 3. The Morgan fingerprint density at radius 1 is 1.36 bits per heavy atom. The molecule has 1 aliphatic heterocycles. The molecule has 0 unspecified atom stereocenters. The maximum absolute atomic E-state index is 12.1. The van der Waals surface area contributed by atoms with Gasteiger partial charge < -0.3 is 20.4 Å². The lowest BCUT2D eigenvalue weighted by molar-refractivity contribution is -0.118. The third-order valence-electron chi connectivity index (χ3n) is 3.95. The van der Waals surface area contributed by atoms with Crippen molar-refractivity contribution in [3.8, 4) is 5.75 Å². The Morgan fingerprint density at radius 2 is 2.18 bits per heavy atom. The molecule has 0 saturated heterocycles. The normalized spacial score (nSPS) is 12.8. The number of hydrogen-bond acceptors (Lipinski definition) is 3. The van der Waals surface area contributed by atoms with Crippen LogP contribution < -0.4 is 15.4 Å². The van der Waals surface area contributed by atoms with Crippen molar-refractivity contribution in [2.45, 2.75) is 19.8 Å². The first kappa shape index (κ1) is 14.4. The molecule has 0 bridgehead atoms. The van der Waals surface area contributed by atoms with Gasteiger partial charge in [0.25, 0.3) is 5.91 Å². The summed E-state index contributed by atoms with van der Waals surface area (Å²) in [5.41, 5.74) is 3.57. The monoisotopic (exact) mass is 301 g/mol. The first-order valence-corrected chi connectivity index (χ1v) is 7.37. The first-order valence-electron chi connectivity index (χ1n) is 7.37. The maximum Gasteiger partial charge on any atom is 0.267 e. The van der Waals surface area contributed by atoms with E-state index in [0.717, 1.165) is 34.2 Å². The van der Waals surface area contributed by atoms with Crippen LogP contribution in [-0.4, -0.2) is 37.0 Å². The molecule has 0 radical (unpaired) electrons. The summed E-state index contributed by atoms with van der Waals surface area (Å²) in [5.74, 6) is 0.660. The SMILES string of the molecule is CNC(=O)c1[nH]c2ccc3c(c2c1CCNC(C)=O)CCO3. The Bertz CT molecular complexity index is 749. The van der Waals surface area contributed by atoms with Gasteiger partial charge in [0.2, 0.25) is 5.91 Å². The number of H-pyrrole nitrogens is 1. The molecule has 0 aliphatic carbocycles. The fourth-order valence-electron chi connectivity index (χ4n) is 2.99. The number of aromatic amines is 1. The molecule has 22 heavy (non-hydrogen) atoms. The number of benzene rings is 1. The molecule has 116 valence electrons. The predicted molar refractivity (Wildman–Crippen MR) is 83.3 cm³/mol. The van der Waals surface area contributed by atoms with Crippen LogP contribution in [-0.2, 0) is 17.6 Å². The largest absolute Gasteiger partial charge is 0.493 e. The molecule has 0 saturated carbocycles. The summed E-state index contributed by atoms with van der Waals surface area (Å²) in [4.78, 5) is 26.4. The van der Waals surface area contributed by atoms with Gasteiger partial charge in [0.05, 0.1) is 6.61 Å². The number of ether oxygens (including phenoxy) is 1. The third kappa shape index (κ3) is 2.41. The highest BCUT2D eigenvalue weighted by molar-refractivity contribution is 6.02. The summed E-state index contributed by atoms with van der Waals surface area (Å²) in [6.07, 6.45) is 1.43. The Kier molecular flexibility index (Phi) is 3.75. The van der Waals surface area contributed by atoms with E-state index in [1.807, 2.05) is 12.1 Å². The summed E-state index contributed by atoms with van der Waals surface area (Å²) in [7, 11) is 1.61. The van der Waals surface area contributed by atoms with E-state index >= 15 is 0 Å². The predicted octanol–water partition coefficient (Wildman–Crippen LogP) is 1.14. The van der Waals surface area contributed by atoms with Gasteiger partial charge in [-0.15, -0.1) is 0 Å². The summed E-state index contributed by atoms with van der Waals surface area (Å²) >= 11 is 0. The van der Waals surface area contributed by atoms with Gasteiger partial charge in [-0.3, -0.25) is 9.59 Å². The minimum absolute atomic E-state index is 0.0742. The van der Waals surface area contributed by atoms with Gasteiger partial charge in [-0.1, -0.05) is 0 Å². The van der Waals surface area contributed by atoms with Gasteiger partial charge in [0.15, 0.2) is 0 Å². The molecule has 3 N–H and O–H groups in total. The van der Waals surface area contributed by atoms with E-state index in [0.29, 0.717) is 25.3 Å². The molecular weight excluding hydrogens is 282 g/mol. The first-order chi connectivity index (χ1) is 10.6. The van der Waals surface area contributed by atoms with E-state index in [9.17, 15) is 9.59 Å². The van der Waals surface area contributed by atoms with Crippen LogP contribution in [0.25, 0.3) is 10.9 Å². The van der Waals surface area contributed by atoms with E-state index in [2.05, 4.69) is 15.6 Å². The number of rotatable bonds is 4. The van der Waals surface area contributed by atoms with Crippen LogP contribution in [0.1, 0.15) is 28.5 Å². The zero-order valence-electron chi connectivity index (χ0n) is 12.7. The number of carbonyl (C=O) groups excluding carboxylic acids is 2. The van der Waals surface area contributed by atoms with Crippen LogP contribution in [0.5, 0.6) is 5.75 Å². The summed E-state index contributed by atoms with van der Waals surface area (Å²) in [5, 5.41) is 6.50. The minimum atomic E-state index is -0.151. The van der Waals surface area contributed by atoms with E-state index in [1.54, 1.807) is 7.05 Å². The van der Waals surface area contributed by atoms with Crippen molar-refractivity contribution >= 4 is 22.7 Å². The molecule has 2 heterocycles. The third-order valence-corrected chi connectivity index (χ3v) is 3.95. The highest BCUT2D eigenvalue weighted by Crippen LogP contribution is 2.36. The summed E-state index contributed by atoms with van der Waals surface area (Å²) in [6, 6.07) is 3.88. The average molecular weight is 301 g/mol. The Labute approximate surface area is 128 Å². The van der Waals surface area contributed by atoms with Gasteiger partial charge in [-0.2, -0.15) is 0 Å². The van der Waals surface area contributed by atoms with Crippen LogP contribution in [0, 0.1) is 0 Å². The van der Waals surface area contributed by atoms with Crippen LogP contribution in [0.4, 0.5) is 0 Å². The van der Waals surface area contributed by atoms with Crippen molar-refractivity contribution in [3.05, 3.63) is 29.0 Å². The number of fused-ring (bicyclic) bond motifs is 3. The van der Waals surface area contributed by atoms with E-state index in [4.69, 9.17) is 4.74 Å². The van der Waals surface area contributed by atoms with Crippen LogP contribution in [0.2, 0.25) is 0 Å². The number of amides is 2. The average Bonchev–Trinajstić information content (AvgIpc) is 3.09. The van der Waals surface area contributed by atoms with E-state index in [-0.39, 0.29) is 11.8 Å². The molecule has 1 aromatic heterocycles. The standard InChI is InChI=1S/C16H19N3O3/c1-9(20)18-7-5-11-14-10-6-8-22-13(10)4-3-12(14)19-15(11)16(21)17-2/h3-4,19H,5-8H2,1-2H3,(H,17,21)(H,18,20). The van der Waals surface area contributed by atoms with Crippen molar-refractivity contribution in [1.29, 1.82) is 0 Å². The summed E-state index contributed by atoms with van der Waals surface area (Å²) in [6.45, 7) is 2.65. The van der Waals surface area contributed by atoms with Gasteiger partial charge in [-0.05, 0) is 24.1 Å².